The van der Waals surface area contributed by atoms with Gasteiger partial charge in [0.15, 0.2) is 0 Å². The minimum absolute atomic E-state index is 0.468. The lowest BCUT2D eigenvalue weighted by Crippen LogP contribution is -2.29. The first-order valence-electron chi connectivity index (χ1n) is 5.12. The molecule has 0 atom stereocenters. The first-order valence-corrected chi connectivity index (χ1v) is 6.00. The molecule has 4 nitrogen and oxygen atoms in total. The van der Waals surface area contributed by atoms with Crippen molar-refractivity contribution >= 4 is 27.4 Å². The van der Waals surface area contributed by atoms with E-state index < -0.39 is 5.60 Å². The molecule has 0 fully saturated rings. The van der Waals surface area contributed by atoms with Gasteiger partial charge >= 0.3 is 0 Å². The highest BCUT2D eigenvalue weighted by Crippen LogP contribution is 2.28. The van der Waals surface area contributed by atoms with Crippen molar-refractivity contribution in [3.8, 4) is 0 Å². The molecule has 2 N–H and O–H groups in total. The Morgan fingerprint density at radius 1 is 1.44 bits per heavy atom. The molecule has 0 amide bonds. The van der Waals surface area contributed by atoms with E-state index in [0.29, 0.717) is 6.54 Å². The maximum absolute atomic E-state index is 9.65. The first-order chi connectivity index (χ1) is 7.47. The summed E-state index contributed by atoms with van der Waals surface area (Å²) in [6.07, 6.45) is 1.55. The zero-order chi connectivity index (χ0) is 11.8. The van der Waals surface area contributed by atoms with Gasteiger partial charge in [0, 0.05) is 6.54 Å². The first kappa shape index (κ1) is 11.3. The summed E-state index contributed by atoms with van der Waals surface area (Å²) in [5.74, 6) is 0.797. The summed E-state index contributed by atoms with van der Waals surface area (Å²) in [5, 5.41) is 14.9. The lowest BCUT2D eigenvalue weighted by molar-refractivity contribution is 0.0944. The Labute approximate surface area is 98.4 Å². The molecule has 2 aromatic heterocycles. The van der Waals surface area contributed by atoms with E-state index in [1.54, 1.807) is 31.5 Å². The van der Waals surface area contributed by atoms with Gasteiger partial charge in [0.25, 0.3) is 0 Å². The van der Waals surface area contributed by atoms with E-state index in [-0.39, 0.29) is 0 Å². The number of rotatable bonds is 3. The molecule has 0 aliphatic heterocycles. The lowest BCUT2D eigenvalue weighted by atomic mass is 10.1. The second kappa shape index (κ2) is 3.99. The van der Waals surface area contributed by atoms with Crippen LogP contribution in [0.15, 0.2) is 11.7 Å². The molecule has 0 unspecified atom stereocenters. The van der Waals surface area contributed by atoms with Gasteiger partial charge in [-0.05, 0) is 31.7 Å². The van der Waals surface area contributed by atoms with Gasteiger partial charge in [0.05, 0.1) is 15.8 Å². The fourth-order valence-corrected chi connectivity index (χ4v) is 2.36. The van der Waals surface area contributed by atoms with Crippen LogP contribution in [0.3, 0.4) is 0 Å². The van der Waals surface area contributed by atoms with E-state index in [9.17, 15) is 5.11 Å². The van der Waals surface area contributed by atoms with Crippen LogP contribution in [-0.2, 0) is 0 Å². The van der Waals surface area contributed by atoms with Crippen molar-refractivity contribution in [2.75, 3.05) is 11.9 Å². The van der Waals surface area contributed by atoms with Gasteiger partial charge in [0.2, 0.25) is 0 Å². The number of anilines is 1. The number of thiophene rings is 1. The number of aryl methyl sites for hydroxylation is 1. The van der Waals surface area contributed by atoms with Gasteiger partial charge in [-0.2, -0.15) is 0 Å². The summed E-state index contributed by atoms with van der Waals surface area (Å²) in [7, 11) is 0. The third-order valence-electron chi connectivity index (χ3n) is 2.22. The van der Waals surface area contributed by atoms with Crippen LogP contribution in [0.4, 0.5) is 5.82 Å². The van der Waals surface area contributed by atoms with E-state index >= 15 is 0 Å². The van der Waals surface area contributed by atoms with Crippen LogP contribution in [-0.4, -0.2) is 27.2 Å². The number of nitrogens with one attached hydrogen (secondary N) is 1. The molecule has 0 spiro atoms. The predicted molar refractivity (Wildman–Crippen MR) is 66.9 cm³/mol. The van der Waals surface area contributed by atoms with Crippen molar-refractivity contribution in [3.05, 3.63) is 17.3 Å². The van der Waals surface area contributed by atoms with E-state index in [1.165, 1.54) is 0 Å². The zero-order valence-corrected chi connectivity index (χ0v) is 10.4. The normalized spacial score (nSPS) is 12.0. The maximum Gasteiger partial charge on any atom is 0.147 e. The van der Waals surface area contributed by atoms with E-state index in [4.69, 9.17) is 0 Å². The highest BCUT2D eigenvalue weighted by Gasteiger charge is 2.14. The van der Waals surface area contributed by atoms with Crippen molar-refractivity contribution < 1.29 is 5.11 Å². The topological polar surface area (TPSA) is 58.0 Å². The quantitative estimate of drug-likeness (QED) is 0.859. The molecule has 2 rings (SSSR count). The van der Waals surface area contributed by atoms with E-state index in [0.717, 1.165) is 21.6 Å². The summed E-state index contributed by atoms with van der Waals surface area (Å²) >= 11 is 1.62. The average Bonchev–Trinajstić information content (AvgIpc) is 2.57. The maximum atomic E-state index is 9.65. The molecule has 0 saturated heterocycles. The highest BCUT2D eigenvalue weighted by atomic mass is 32.1. The number of hydrogen-bond acceptors (Lipinski definition) is 5. The number of hydrogen-bond donors (Lipinski definition) is 2. The average molecular weight is 237 g/mol. The van der Waals surface area contributed by atoms with Crippen LogP contribution in [0.1, 0.15) is 19.4 Å². The third kappa shape index (κ3) is 2.31. The fourth-order valence-electron chi connectivity index (χ4n) is 1.40. The summed E-state index contributed by atoms with van der Waals surface area (Å²) in [6, 6.07) is 0. The standard InChI is InChI=1S/C11H15N3OS/c1-7-4-16-9-8(7)13-6-14-10(9)12-5-11(2,3)15/h4,6,15H,5H2,1-3H3,(H,12,13,14). The van der Waals surface area contributed by atoms with Gasteiger partial charge in [-0.3, -0.25) is 0 Å². The molecule has 0 saturated carbocycles. The van der Waals surface area contributed by atoms with Gasteiger partial charge in [-0.1, -0.05) is 0 Å². The number of aromatic nitrogens is 2. The molecular formula is C11H15N3OS. The molecule has 0 aliphatic rings. The van der Waals surface area contributed by atoms with Gasteiger partial charge in [-0.15, -0.1) is 11.3 Å². The molecule has 2 aromatic rings. The lowest BCUT2D eigenvalue weighted by Gasteiger charge is -2.18. The highest BCUT2D eigenvalue weighted by molar-refractivity contribution is 7.18. The molecule has 0 bridgehead atoms. The Hall–Kier alpha value is -1.20. The Morgan fingerprint density at radius 2 is 2.19 bits per heavy atom. The molecule has 5 heteroatoms. The van der Waals surface area contributed by atoms with Crippen LogP contribution in [0.5, 0.6) is 0 Å². The fraction of sp³-hybridized carbons (Fsp3) is 0.455. The summed E-state index contributed by atoms with van der Waals surface area (Å²) in [5.41, 5.74) is 1.40. The molecule has 2 heterocycles. The van der Waals surface area contributed by atoms with Crippen molar-refractivity contribution in [2.45, 2.75) is 26.4 Å². The minimum Gasteiger partial charge on any atom is -0.389 e. The van der Waals surface area contributed by atoms with Crippen LogP contribution < -0.4 is 5.32 Å². The second-order valence-corrected chi connectivity index (χ2v) is 5.36. The Morgan fingerprint density at radius 3 is 2.88 bits per heavy atom. The predicted octanol–water partition coefficient (Wildman–Crippen LogP) is 2.18. The largest absolute Gasteiger partial charge is 0.389 e. The zero-order valence-electron chi connectivity index (χ0n) is 9.61. The van der Waals surface area contributed by atoms with Crippen molar-refractivity contribution in [2.24, 2.45) is 0 Å². The Bertz CT molecular complexity index is 501. The summed E-state index contributed by atoms with van der Waals surface area (Å²) in [6.45, 7) is 6.03. The van der Waals surface area contributed by atoms with Crippen LogP contribution in [0.25, 0.3) is 10.2 Å². The number of nitrogens with zero attached hydrogens (tertiary/aromatic N) is 2. The monoisotopic (exact) mass is 237 g/mol. The summed E-state index contributed by atoms with van der Waals surface area (Å²) < 4.78 is 1.05. The molecule has 86 valence electrons. The van der Waals surface area contributed by atoms with Crippen molar-refractivity contribution in [1.29, 1.82) is 0 Å². The van der Waals surface area contributed by atoms with Crippen LogP contribution >= 0.6 is 11.3 Å². The molecule has 0 aromatic carbocycles. The van der Waals surface area contributed by atoms with Gasteiger partial charge < -0.3 is 10.4 Å². The summed E-state index contributed by atoms with van der Waals surface area (Å²) in [4.78, 5) is 8.44. The molecule has 16 heavy (non-hydrogen) atoms. The van der Waals surface area contributed by atoms with Gasteiger partial charge in [0.1, 0.15) is 12.1 Å². The SMILES string of the molecule is Cc1csc2c(NCC(C)(C)O)ncnc12. The number of aliphatic hydroxyl groups is 1. The number of fused-ring (bicyclic) bond motifs is 1. The molecular weight excluding hydrogens is 222 g/mol. The third-order valence-corrected chi connectivity index (χ3v) is 3.31. The van der Waals surface area contributed by atoms with Crippen LogP contribution in [0.2, 0.25) is 0 Å². The Kier molecular flexibility index (Phi) is 2.82. The molecule has 0 aliphatic carbocycles. The second-order valence-electron chi connectivity index (χ2n) is 4.48. The molecule has 0 radical (unpaired) electrons. The van der Waals surface area contributed by atoms with E-state index in [1.807, 2.05) is 6.92 Å². The smallest absolute Gasteiger partial charge is 0.147 e. The minimum atomic E-state index is -0.746. The van der Waals surface area contributed by atoms with Gasteiger partial charge in [-0.25, -0.2) is 9.97 Å². The van der Waals surface area contributed by atoms with E-state index in [2.05, 4.69) is 20.7 Å². The Balaban J connectivity index is 2.31. The van der Waals surface area contributed by atoms with Crippen molar-refractivity contribution in [3.63, 3.8) is 0 Å². The van der Waals surface area contributed by atoms with Crippen LogP contribution in [0, 0.1) is 6.92 Å². The van der Waals surface area contributed by atoms with Crippen molar-refractivity contribution in [1.82, 2.24) is 9.97 Å².